The quantitative estimate of drug-likeness (QED) is 0.633. The number of thiocarbonyl (C=S) groups is 1. The molecule has 0 aromatic heterocycles. The zero-order valence-corrected chi connectivity index (χ0v) is 17.6. The molecule has 1 atom stereocenters. The summed E-state index contributed by atoms with van der Waals surface area (Å²) in [5, 5.41) is 6.61. The highest BCUT2D eigenvalue weighted by Gasteiger charge is 2.30. The summed E-state index contributed by atoms with van der Waals surface area (Å²) < 4.78 is 0. The van der Waals surface area contributed by atoms with E-state index in [2.05, 4.69) is 10.6 Å². The summed E-state index contributed by atoms with van der Waals surface area (Å²) in [6.07, 6.45) is -0.846. The van der Waals surface area contributed by atoms with Crippen molar-refractivity contribution in [1.29, 1.82) is 0 Å². The number of carbonyl (C=O) groups is 1. The van der Waals surface area contributed by atoms with Crippen LogP contribution in [0.4, 0.5) is 11.4 Å². The number of benzodiazepines with no additional fused rings is 1. The van der Waals surface area contributed by atoms with Crippen LogP contribution in [0, 0.1) is 6.92 Å². The van der Waals surface area contributed by atoms with Crippen LogP contribution in [-0.4, -0.2) is 29.9 Å². The van der Waals surface area contributed by atoms with Crippen LogP contribution >= 0.6 is 12.2 Å². The van der Waals surface area contributed by atoms with E-state index in [-0.39, 0.29) is 5.91 Å². The summed E-state index contributed by atoms with van der Waals surface area (Å²) in [4.78, 5) is 19.6. The van der Waals surface area contributed by atoms with Crippen molar-refractivity contribution in [2.45, 2.75) is 13.1 Å². The Morgan fingerprint density at radius 3 is 2.40 bits per heavy atom. The summed E-state index contributed by atoms with van der Waals surface area (Å²) in [6.45, 7) is 2.00. The number of anilines is 2. The van der Waals surface area contributed by atoms with Crippen LogP contribution < -0.4 is 15.5 Å². The predicted molar refractivity (Wildman–Crippen MR) is 126 cm³/mol. The minimum absolute atomic E-state index is 0.178. The molecule has 3 aromatic carbocycles. The highest BCUT2D eigenvalue weighted by atomic mass is 32.1. The third-order valence-electron chi connectivity index (χ3n) is 5.05. The largest absolute Gasteiger partial charge is 0.333 e. The smallest absolute Gasteiger partial charge is 0.272 e. The van der Waals surface area contributed by atoms with Crippen LogP contribution in [0.15, 0.2) is 83.9 Å². The van der Waals surface area contributed by atoms with E-state index in [1.54, 1.807) is 11.9 Å². The summed E-state index contributed by atoms with van der Waals surface area (Å²) in [7, 11) is 1.76. The van der Waals surface area contributed by atoms with E-state index in [0.29, 0.717) is 5.11 Å². The van der Waals surface area contributed by atoms with Gasteiger partial charge in [0.05, 0.1) is 11.4 Å². The van der Waals surface area contributed by atoms with Gasteiger partial charge in [-0.3, -0.25) is 4.79 Å². The molecule has 0 fully saturated rings. The van der Waals surface area contributed by atoms with E-state index in [4.69, 9.17) is 17.2 Å². The topological polar surface area (TPSA) is 56.7 Å². The molecule has 6 heteroatoms. The number of amides is 1. The Labute approximate surface area is 181 Å². The van der Waals surface area contributed by atoms with Gasteiger partial charge in [0.2, 0.25) is 6.17 Å². The van der Waals surface area contributed by atoms with E-state index < -0.39 is 6.17 Å². The lowest BCUT2D eigenvalue weighted by Crippen LogP contribution is -2.47. The van der Waals surface area contributed by atoms with E-state index >= 15 is 0 Å². The SMILES string of the molecule is Cc1ccccc1NC(=S)N[C@H]1N=C(c2ccccc2)c2ccccc2N(C)C1=O. The van der Waals surface area contributed by atoms with Crippen LogP contribution in [0.2, 0.25) is 0 Å². The van der Waals surface area contributed by atoms with Gasteiger partial charge in [-0.25, -0.2) is 4.99 Å². The van der Waals surface area contributed by atoms with Crippen LogP contribution in [0.3, 0.4) is 0 Å². The molecule has 0 aliphatic carbocycles. The highest BCUT2D eigenvalue weighted by Crippen LogP contribution is 2.27. The number of rotatable bonds is 3. The van der Waals surface area contributed by atoms with Crippen LogP contribution in [-0.2, 0) is 4.79 Å². The molecule has 0 bridgehead atoms. The van der Waals surface area contributed by atoms with Gasteiger partial charge in [-0.05, 0) is 36.8 Å². The summed E-state index contributed by atoms with van der Waals surface area (Å²) in [6, 6.07) is 25.5. The van der Waals surface area contributed by atoms with Gasteiger partial charge < -0.3 is 15.5 Å². The van der Waals surface area contributed by atoms with Crippen LogP contribution in [0.5, 0.6) is 0 Å². The Bertz CT molecular complexity index is 1130. The summed E-state index contributed by atoms with van der Waals surface area (Å²) in [5.74, 6) is -0.178. The molecular weight excluding hydrogens is 392 g/mol. The Hall–Kier alpha value is -3.51. The molecule has 0 saturated carbocycles. The van der Waals surface area contributed by atoms with Crippen molar-refractivity contribution in [2.24, 2.45) is 4.99 Å². The first-order valence-electron chi connectivity index (χ1n) is 9.68. The fourth-order valence-electron chi connectivity index (χ4n) is 3.44. The molecule has 150 valence electrons. The van der Waals surface area contributed by atoms with Crippen LogP contribution in [0.25, 0.3) is 0 Å². The second kappa shape index (κ2) is 8.47. The fourth-order valence-corrected chi connectivity index (χ4v) is 3.66. The second-order valence-corrected chi connectivity index (χ2v) is 7.48. The van der Waals surface area contributed by atoms with Gasteiger partial charge in [-0.1, -0.05) is 66.7 Å². The highest BCUT2D eigenvalue weighted by molar-refractivity contribution is 7.80. The average Bonchev–Trinajstić information content (AvgIpc) is 2.87. The van der Waals surface area contributed by atoms with E-state index in [1.807, 2.05) is 85.8 Å². The third-order valence-corrected chi connectivity index (χ3v) is 5.27. The number of benzene rings is 3. The Balaban J connectivity index is 1.70. The van der Waals surface area contributed by atoms with Crippen molar-refractivity contribution >= 4 is 40.3 Å². The first-order valence-corrected chi connectivity index (χ1v) is 10.1. The van der Waals surface area contributed by atoms with E-state index in [1.165, 1.54) is 0 Å². The molecule has 5 nitrogen and oxygen atoms in total. The van der Waals surface area contributed by atoms with Crippen molar-refractivity contribution in [1.82, 2.24) is 5.32 Å². The molecule has 1 aliphatic rings. The molecule has 0 spiro atoms. The molecule has 30 heavy (non-hydrogen) atoms. The third kappa shape index (κ3) is 3.95. The molecule has 1 heterocycles. The van der Waals surface area contributed by atoms with E-state index in [9.17, 15) is 4.79 Å². The Kier molecular flexibility index (Phi) is 5.59. The molecule has 0 radical (unpaired) electrons. The number of fused-ring (bicyclic) bond motifs is 1. The summed E-state index contributed by atoms with van der Waals surface area (Å²) >= 11 is 5.49. The monoisotopic (exact) mass is 414 g/mol. The number of likely N-dealkylation sites (N-methyl/N-ethyl adjacent to an activating group) is 1. The van der Waals surface area contributed by atoms with E-state index in [0.717, 1.165) is 33.8 Å². The molecule has 1 amide bonds. The minimum Gasteiger partial charge on any atom is -0.333 e. The van der Waals surface area contributed by atoms with Crippen molar-refractivity contribution in [3.05, 3.63) is 95.6 Å². The number of nitrogens with one attached hydrogen (secondary N) is 2. The van der Waals surface area contributed by atoms with Crippen molar-refractivity contribution in [3.8, 4) is 0 Å². The lowest BCUT2D eigenvalue weighted by molar-refractivity contribution is -0.119. The normalized spacial score (nSPS) is 15.7. The van der Waals surface area contributed by atoms with Crippen molar-refractivity contribution < 1.29 is 4.79 Å². The Morgan fingerprint density at radius 2 is 1.63 bits per heavy atom. The average molecular weight is 415 g/mol. The number of hydrogen-bond donors (Lipinski definition) is 2. The molecule has 0 saturated heterocycles. The number of aryl methyl sites for hydroxylation is 1. The maximum Gasteiger partial charge on any atom is 0.272 e. The zero-order valence-electron chi connectivity index (χ0n) is 16.8. The standard InChI is InChI=1S/C24H22N4OS/c1-16-10-6-8-14-19(16)25-24(30)27-22-23(29)28(2)20-15-9-7-13-18(20)21(26-22)17-11-4-3-5-12-17/h3-15,22H,1-2H3,(H2,25,27,30)/t22-/m1/s1. The number of carbonyl (C=O) groups excluding carboxylic acids is 1. The lowest BCUT2D eigenvalue weighted by Gasteiger charge is -2.22. The zero-order chi connectivity index (χ0) is 21.1. The maximum atomic E-state index is 13.2. The maximum absolute atomic E-state index is 13.2. The number of para-hydroxylation sites is 2. The molecule has 1 aliphatic heterocycles. The number of hydrogen-bond acceptors (Lipinski definition) is 3. The number of aliphatic imine (C=N–C) groups is 1. The predicted octanol–water partition coefficient (Wildman–Crippen LogP) is 4.12. The van der Waals surface area contributed by atoms with Crippen LogP contribution in [0.1, 0.15) is 16.7 Å². The molecule has 0 unspecified atom stereocenters. The lowest BCUT2D eigenvalue weighted by atomic mass is 10.0. The first-order chi connectivity index (χ1) is 14.5. The minimum atomic E-state index is -0.846. The fraction of sp³-hybridized carbons (Fsp3) is 0.125. The molecule has 2 N–H and O–H groups in total. The van der Waals surface area contributed by atoms with Gasteiger partial charge in [-0.2, -0.15) is 0 Å². The van der Waals surface area contributed by atoms with Crippen molar-refractivity contribution in [3.63, 3.8) is 0 Å². The summed E-state index contributed by atoms with van der Waals surface area (Å²) in [5.41, 5.74) is 5.36. The molecule has 4 rings (SSSR count). The van der Waals surface area contributed by atoms with Crippen molar-refractivity contribution in [2.75, 3.05) is 17.3 Å². The molecular formula is C24H22N4OS. The molecule has 3 aromatic rings. The van der Waals surface area contributed by atoms with Gasteiger partial charge >= 0.3 is 0 Å². The van der Waals surface area contributed by atoms with Gasteiger partial charge in [0.25, 0.3) is 5.91 Å². The Morgan fingerprint density at radius 1 is 0.967 bits per heavy atom. The number of nitrogens with zero attached hydrogens (tertiary/aromatic N) is 2. The van der Waals surface area contributed by atoms with Gasteiger partial charge in [0.15, 0.2) is 5.11 Å². The van der Waals surface area contributed by atoms with Gasteiger partial charge in [-0.15, -0.1) is 0 Å². The first kappa shape index (κ1) is 19.8. The van der Waals surface area contributed by atoms with Gasteiger partial charge in [0, 0.05) is 23.9 Å². The van der Waals surface area contributed by atoms with Gasteiger partial charge in [0.1, 0.15) is 0 Å². The second-order valence-electron chi connectivity index (χ2n) is 7.07.